The fourth-order valence-corrected chi connectivity index (χ4v) is 10.9. The lowest BCUT2D eigenvalue weighted by atomic mass is 9.94. The Bertz CT molecular complexity index is 2700. The summed E-state index contributed by atoms with van der Waals surface area (Å²) >= 11 is 1.79. The Kier molecular flexibility index (Phi) is 13.9. The number of aryl methyl sites for hydroxylation is 2. The number of likely N-dealkylation sites (tertiary alicyclic amines) is 1. The molecule has 3 N–H and O–H groups in total. The van der Waals surface area contributed by atoms with Crippen molar-refractivity contribution in [1.82, 2.24) is 9.47 Å². The minimum Gasteiger partial charge on any atom is -0.390 e. The Hall–Kier alpha value is -5.41. The molecule has 342 valence electrons. The van der Waals surface area contributed by atoms with Crippen LogP contribution in [-0.4, -0.2) is 86.2 Å². The van der Waals surface area contributed by atoms with Gasteiger partial charge in [0, 0.05) is 97.9 Å². The van der Waals surface area contributed by atoms with Crippen molar-refractivity contribution in [3.63, 3.8) is 0 Å². The Morgan fingerprint density at radius 1 is 0.800 bits per heavy atom. The predicted octanol–water partition coefficient (Wildman–Crippen LogP) is 10.3. The third kappa shape index (κ3) is 10.8. The van der Waals surface area contributed by atoms with Gasteiger partial charge in [-0.1, -0.05) is 18.2 Å². The van der Waals surface area contributed by atoms with Crippen molar-refractivity contribution in [2.75, 3.05) is 71.4 Å². The number of rotatable bonds is 15. The van der Waals surface area contributed by atoms with Crippen LogP contribution in [0.25, 0.3) is 22.4 Å². The molecule has 1 aromatic heterocycles. The molecule has 2 fully saturated rings. The van der Waals surface area contributed by atoms with E-state index in [4.69, 9.17) is 0 Å². The Labute approximate surface area is 385 Å². The van der Waals surface area contributed by atoms with Gasteiger partial charge in [0.05, 0.1) is 27.4 Å². The number of piperazine rings is 1. The van der Waals surface area contributed by atoms with Crippen molar-refractivity contribution >= 4 is 44.5 Å². The number of aromatic nitrogens is 1. The number of anilines is 4. The summed E-state index contributed by atoms with van der Waals surface area (Å²) in [6, 6.07) is 33.3. The number of nitrogens with one attached hydrogen (secondary N) is 2. The van der Waals surface area contributed by atoms with E-state index in [9.17, 15) is 17.9 Å². The average molecular weight is 923 g/mol. The van der Waals surface area contributed by atoms with Gasteiger partial charge in [-0.05, 0) is 148 Å². The summed E-state index contributed by atoms with van der Waals surface area (Å²) in [5.41, 5.74) is 5.11. The minimum absolute atomic E-state index is 0.118. The van der Waals surface area contributed by atoms with Gasteiger partial charge in [0.25, 0.3) is 10.0 Å². The molecule has 5 aromatic carbocycles. The van der Waals surface area contributed by atoms with Crippen LogP contribution in [0.15, 0.2) is 125 Å². The maximum atomic E-state index is 16.5. The molecule has 0 aliphatic carbocycles. The molecule has 6 aromatic rings. The molecule has 3 heterocycles. The molecule has 2 aliphatic heterocycles. The Morgan fingerprint density at radius 2 is 1.48 bits per heavy atom. The van der Waals surface area contributed by atoms with E-state index in [-0.39, 0.29) is 16.5 Å². The highest BCUT2D eigenvalue weighted by molar-refractivity contribution is 7.99. The summed E-state index contributed by atoms with van der Waals surface area (Å²) in [5.74, 6) is -0.870. The van der Waals surface area contributed by atoms with Gasteiger partial charge in [0.15, 0.2) is 5.82 Å². The van der Waals surface area contributed by atoms with Crippen LogP contribution in [-0.2, 0) is 17.1 Å². The van der Waals surface area contributed by atoms with Gasteiger partial charge in [0.1, 0.15) is 11.6 Å². The smallest absolute Gasteiger partial charge is 0.261 e. The summed E-state index contributed by atoms with van der Waals surface area (Å²) in [4.78, 5) is 7.85. The highest BCUT2D eigenvalue weighted by atomic mass is 32.2. The van der Waals surface area contributed by atoms with Crippen molar-refractivity contribution in [3.8, 4) is 22.4 Å². The average Bonchev–Trinajstić information content (AvgIpc) is 3.58. The lowest BCUT2D eigenvalue weighted by molar-refractivity contribution is -0.00556. The Morgan fingerprint density at radius 3 is 2.15 bits per heavy atom. The molecule has 1 atom stereocenters. The van der Waals surface area contributed by atoms with E-state index in [0.29, 0.717) is 54.4 Å². The van der Waals surface area contributed by atoms with Crippen molar-refractivity contribution in [2.24, 2.45) is 7.05 Å². The Balaban J connectivity index is 0.893. The third-order valence-corrected chi connectivity index (χ3v) is 15.4. The van der Waals surface area contributed by atoms with Gasteiger partial charge in [-0.3, -0.25) is 4.72 Å². The summed E-state index contributed by atoms with van der Waals surface area (Å²) in [6.45, 7) is 10.4. The van der Waals surface area contributed by atoms with Crippen LogP contribution in [0.2, 0.25) is 0 Å². The maximum absolute atomic E-state index is 16.5. The standard InChI is InChI=1S/C51H57F3N6O3S2/c1-35-32-43(18-20-46(35)55-40(34-64-42-8-6-5-7-9-42)22-25-58-26-23-51(3,61)24-27-58)65(62,63)56-39-14-16-41(17-15-39)59-28-30-60(31-29-59)47-21-19-45(53)48(49(47)54)44-33-36(2)57(4)50(44)37-10-12-38(52)13-11-37/h5-21,32-33,40,55-56,61H,22-31,34H2,1-4H3/t40-/m1/s1. The number of piperidine rings is 1. The zero-order chi connectivity index (χ0) is 45.9. The molecule has 2 aliphatic rings. The molecular formula is C51H57F3N6O3S2. The van der Waals surface area contributed by atoms with Crippen molar-refractivity contribution < 1.29 is 26.7 Å². The molecular weight excluding hydrogens is 866 g/mol. The van der Waals surface area contributed by atoms with Gasteiger partial charge in [0.2, 0.25) is 0 Å². The fourth-order valence-electron chi connectivity index (χ4n) is 8.76. The van der Waals surface area contributed by atoms with Crippen LogP contribution in [0, 0.1) is 31.3 Å². The van der Waals surface area contributed by atoms with Crippen molar-refractivity contribution in [3.05, 3.63) is 144 Å². The maximum Gasteiger partial charge on any atom is 0.261 e. The largest absolute Gasteiger partial charge is 0.390 e. The first-order valence-electron chi connectivity index (χ1n) is 22.2. The number of nitrogens with zero attached hydrogens (tertiary/aromatic N) is 4. The highest BCUT2D eigenvalue weighted by Crippen LogP contribution is 2.40. The molecule has 0 spiro atoms. The summed E-state index contributed by atoms with van der Waals surface area (Å²) in [5, 5.41) is 14.1. The number of aliphatic hydroxyl groups is 1. The highest BCUT2D eigenvalue weighted by Gasteiger charge is 2.29. The molecule has 2 saturated heterocycles. The van der Waals surface area contributed by atoms with E-state index >= 15 is 8.78 Å². The minimum atomic E-state index is -3.90. The molecule has 0 bridgehead atoms. The monoisotopic (exact) mass is 922 g/mol. The first-order valence-corrected chi connectivity index (χ1v) is 24.6. The van der Waals surface area contributed by atoms with Crippen LogP contribution in [0.3, 0.4) is 0 Å². The molecule has 65 heavy (non-hydrogen) atoms. The van der Waals surface area contributed by atoms with E-state index < -0.39 is 33.1 Å². The second kappa shape index (κ2) is 19.6. The van der Waals surface area contributed by atoms with Gasteiger partial charge < -0.3 is 29.7 Å². The number of benzene rings is 5. The lowest BCUT2D eigenvalue weighted by Gasteiger charge is -2.37. The van der Waals surface area contributed by atoms with E-state index in [1.165, 1.54) is 29.2 Å². The normalized spacial score (nSPS) is 16.1. The molecule has 0 radical (unpaired) electrons. The molecule has 14 heteroatoms. The van der Waals surface area contributed by atoms with Crippen LogP contribution in [0.1, 0.15) is 37.4 Å². The number of sulfonamides is 1. The summed E-state index contributed by atoms with van der Waals surface area (Å²) in [7, 11) is -2.07. The molecule has 0 amide bonds. The number of hydrogen-bond acceptors (Lipinski definition) is 8. The van der Waals surface area contributed by atoms with Crippen molar-refractivity contribution in [1.29, 1.82) is 0 Å². The van der Waals surface area contributed by atoms with E-state index in [1.807, 2.05) is 73.7 Å². The quantitative estimate of drug-likeness (QED) is 0.0878. The molecule has 0 saturated carbocycles. The van der Waals surface area contributed by atoms with Gasteiger partial charge in [-0.25, -0.2) is 21.6 Å². The van der Waals surface area contributed by atoms with E-state index in [1.54, 1.807) is 54.2 Å². The second-order valence-electron chi connectivity index (χ2n) is 17.6. The summed E-state index contributed by atoms with van der Waals surface area (Å²) < 4.78 is 77.7. The molecule has 8 rings (SSSR count). The van der Waals surface area contributed by atoms with E-state index in [2.05, 4.69) is 32.0 Å². The van der Waals surface area contributed by atoms with Gasteiger partial charge in [-0.15, -0.1) is 11.8 Å². The lowest BCUT2D eigenvalue weighted by Crippen LogP contribution is -2.46. The van der Waals surface area contributed by atoms with Crippen molar-refractivity contribution in [2.45, 2.75) is 61.5 Å². The number of hydrogen-bond donors (Lipinski definition) is 3. The molecule has 0 unspecified atom stereocenters. The first kappa shape index (κ1) is 46.1. The van der Waals surface area contributed by atoms with Crippen LogP contribution in [0.4, 0.5) is 35.9 Å². The van der Waals surface area contributed by atoms with Gasteiger partial charge >= 0.3 is 0 Å². The van der Waals surface area contributed by atoms with Gasteiger partial charge in [-0.2, -0.15) is 0 Å². The predicted molar refractivity (Wildman–Crippen MR) is 259 cm³/mol. The number of thioether (sulfide) groups is 1. The van der Waals surface area contributed by atoms with Crippen LogP contribution >= 0.6 is 11.8 Å². The van der Waals surface area contributed by atoms with E-state index in [0.717, 1.165) is 67.3 Å². The zero-order valence-corrected chi connectivity index (χ0v) is 39.0. The van der Waals surface area contributed by atoms with Crippen LogP contribution in [0.5, 0.6) is 0 Å². The zero-order valence-electron chi connectivity index (χ0n) is 37.3. The third-order valence-electron chi connectivity index (χ3n) is 12.8. The van der Waals surface area contributed by atoms with Crippen LogP contribution < -0.4 is 19.8 Å². The second-order valence-corrected chi connectivity index (χ2v) is 20.3. The number of halogens is 3. The SMILES string of the molecule is Cc1cc(S(=O)(=O)Nc2ccc(N3CCN(c4ccc(F)c(-c5cc(C)n(C)c5-c5ccc(F)cc5)c4F)CC3)cc2)ccc1N[C@H](CCN1CCC(C)(O)CC1)CSc1ccccc1. The summed E-state index contributed by atoms with van der Waals surface area (Å²) in [6.07, 6.45) is 2.43. The first-order chi connectivity index (χ1) is 31.1. The molecule has 9 nitrogen and oxygen atoms in total. The fraction of sp³-hybridized carbons (Fsp3) is 0.333. The topological polar surface area (TPSA) is 93.1 Å².